The fourth-order valence-electron chi connectivity index (χ4n) is 3.15. The molecule has 3 N–H and O–H groups in total. The molecule has 0 spiro atoms. The summed E-state index contributed by atoms with van der Waals surface area (Å²) in [6, 6.07) is 10.6. The van der Waals surface area contributed by atoms with Crippen molar-refractivity contribution in [2.24, 2.45) is 0 Å². The van der Waals surface area contributed by atoms with Gasteiger partial charge in [-0.15, -0.1) is 0 Å². The van der Waals surface area contributed by atoms with Crippen LogP contribution in [0, 0.1) is 0 Å². The highest BCUT2D eigenvalue weighted by Crippen LogP contribution is 2.34. The van der Waals surface area contributed by atoms with Crippen molar-refractivity contribution in [3.63, 3.8) is 0 Å². The van der Waals surface area contributed by atoms with Crippen molar-refractivity contribution < 1.29 is 15.0 Å². The summed E-state index contributed by atoms with van der Waals surface area (Å²) in [6.45, 7) is 6.41. The average Bonchev–Trinajstić information content (AvgIpc) is 3.06. The predicted molar refractivity (Wildman–Crippen MR) is 104 cm³/mol. The van der Waals surface area contributed by atoms with Gasteiger partial charge in [0.25, 0.3) is 5.91 Å². The number of fused-ring (bicyclic) bond motifs is 1. The van der Waals surface area contributed by atoms with Crippen LogP contribution in [0.2, 0.25) is 0 Å². The Kier molecular flexibility index (Phi) is 4.89. The SMILES string of the molecule is CCCN(C(=O)c1cc(C(C)C)c(O)cc1O)c1ccc2[nH]ccc2c1. The van der Waals surface area contributed by atoms with E-state index in [0.717, 1.165) is 23.0 Å². The predicted octanol–water partition coefficient (Wildman–Crippen LogP) is 4.76. The molecule has 5 heteroatoms. The van der Waals surface area contributed by atoms with Gasteiger partial charge < -0.3 is 20.1 Å². The zero-order valence-electron chi connectivity index (χ0n) is 15.3. The molecule has 26 heavy (non-hydrogen) atoms. The van der Waals surface area contributed by atoms with E-state index < -0.39 is 0 Å². The van der Waals surface area contributed by atoms with Gasteiger partial charge in [-0.05, 0) is 48.2 Å². The molecule has 0 aliphatic heterocycles. The Bertz CT molecular complexity index is 944. The van der Waals surface area contributed by atoms with E-state index in [-0.39, 0.29) is 28.9 Å². The Morgan fingerprint density at radius 3 is 2.58 bits per heavy atom. The molecule has 0 atom stereocenters. The Hall–Kier alpha value is -2.95. The summed E-state index contributed by atoms with van der Waals surface area (Å²) in [5.74, 6) is -0.440. The molecule has 0 saturated carbocycles. The molecule has 1 amide bonds. The van der Waals surface area contributed by atoms with Gasteiger partial charge in [0.1, 0.15) is 11.5 Å². The number of aromatic nitrogens is 1. The van der Waals surface area contributed by atoms with E-state index in [1.165, 1.54) is 6.07 Å². The van der Waals surface area contributed by atoms with Crippen molar-refractivity contribution in [2.45, 2.75) is 33.1 Å². The number of phenols is 2. The first-order valence-corrected chi connectivity index (χ1v) is 8.87. The first-order valence-electron chi connectivity index (χ1n) is 8.87. The van der Waals surface area contributed by atoms with Crippen LogP contribution in [0.3, 0.4) is 0 Å². The summed E-state index contributed by atoms with van der Waals surface area (Å²) in [6.07, 6.45) is 2.65. The average molecular weight is 352 g/mol. The van der Waals surface area contributed by atoms with E-state index in [2.05, 4.69) is 4.98 Å². The molecule has 0 fully saturated rings. The Morgan fingerprint density at radius 1 is 1.12 bits per heavy atom. The van der Waals surface area contributed by atoms with Crippen LogP contribution in [0.15, 0.2) is 42.6 Å². The van der Waals surface area contributed by atoms with Gasteiger partial charge in [0.2, 0.25) is 0 Å². The zero-order chi connectivity index (χ0) is 18.8. The highest BCUT2D eigenvalue weighted by molar-refractivity contribution is 6.08. The smallest absolute Gasteiger partial charge is 0.262 e. The lowest BCUT2D eigenvalue weighted by Crippen LogP contribution is -2.31. The van der Waals surface area contributed by atoms with Crippen molar-refractivity contribution in [2.75, 3.05) is 11.4 Å². The fraction of sp³-hybridized carbons (Fsp3) is 0.286. The van der Waals surface area contributed by atoms with Crippen LogP contribution in [0.25, 0.3) is 10.9 Å². The third kappa shape index (κ3) is 3.25. The van der Waals surface area contributed by atoms with Gasteiger partial charge in [0.15, 0.2) is 0 Å². The number of aromatic amines is 1. The largest absolute Gasteiger partial charge is 0.508 e. The first-order chi connectivity index (χ1) is 12.4. The van der Waals surface area contributed by atoms with E-state index >= 15 is 0 Å². The molecule has 5 nitrogen and oxygen atoms in total. The maximum absolute atomic E-state index is 13.2. The summed E-state index contributed by atoms with van der Waals surface area (Å²) >= 11 is 0. The number of hydrogen-bond donors (Lipinski definition) is 3. The third-order valence-electron chi connectivity index (χ3n) is 4.54. The Balaban J connectivity index is 2.05. The molecule has 0 saturated heterocycles. The summed E-state index contributed by atoms with van der Waals surface area (Å²) in [7, 11) is 0. The maximum Gasteiger partial charge on any atom is 0.262 e. The molecule has 3 aromatic rings. The Morgan fingerprint density at radius 2 is 1.88 bits per heavy atom. The van der Waals surface area contributed by atoms with Gasteiger partial charge in [-0.2, -0.15) is 0 Å². The zero-order valence-corrected chi connectivity index (χ0v) is 15.3. The monoisotopic (exact) mass is 352 g/mol. The highest BCUT2D eigenvalue weighted by atomic mass is 16.3. The maximum atomic E-state index is 13.2. The standard InChI is InChI=1S/C21H24N2O3/c1-4-9-23(15-5-6-18-14(10-15)7-8-22-18)21(26)17-11-16(13(2)3)19(24)12-20(17)25/h5-8,10-13,22,24-25H,4,9H2,1-3H3. The normalized spacial score (nSPS) is 11.2. The lowest BCUT2D eigenvalue weighted by Gasteiger charge is -2.24. The Labute approximate surface area is 152 Å². The number of H-pyrrole nitrogens is 1. The molecule has 0 aliphatic carbocycles. The topological polar surface area (TPSA) is 76.6 Å². The molecule has 0 bridgehead atoms. The number of amides is 1. The second-order valence-electron chi connectivity index (χ2n) is 6.79. The lowest BCUT2D eigenvalue weighted by molar-refractivity contribution is 0.0984. The molecule has 0 aliphatic rings. The van der Waals surface area contributed by atoms with Gasteiger partial charge in [0.05, 0.1) is 5.56 Å². The number of nitrogens with one attached hydrogen (secondary N) is 1. The number of nitrogens with zero attached hydrogens (tertiary/aromatic N) is 1. The van der Waals surface area contributed by atoms with Crippen LogP contribution >= 0.6 is 0 Å². The van der Waals surface area contributed by atoms with Crippen molar-refractivity contribution in [3.8, 4) is 11.5 Å². The summed E-state index contributed by atoms with van der Waals surface area (Å²) in [4.78, 5) is 18.0. The quantitative estimate of drug-likeness (QED) is 0.619. The fourth-order valence-corrected chi connectivity index (χ4v) is 3.15. The van der Waals surface area contributed by atoms with Crippen LogP contribution in [-0.4, -0.2) is 27.6 Å². The number of carbonyl (C=O) groups excluding carboxylic acids is 1. The van der Waals surface area contributed by atoms with Crippen molar-refractivity contribution in [1.82, 2.24) is 4.98 Å². The van der Waals surface area contributed by atoms with Crippen LogP contribution < -0.4 is 4.90 Å². The molecule has 0 radical (unpaired) electrons. The van der Waals surface area contributed by atoms with Gasteiger partial charge in [-0.3, -0.25) is 4.79 Å². The number of carbonyl (C=O) groups is 1. The number of anilines is 1. The van der Waals surface area contributed by atoms with Crippen LogP contribution in [0.4, 0.5) is 5.69 Å². The minimum Gasteiger partial charge on any atom is -0.508 e. The number of phenolic OH excluding ortho intramolecular Hbond substituents is 2. The molecule has 2 aromatic carbocycles. The first kappa shape index (κ1) is 17.9. The van der Waals surface area contributed by atoms with E-state index in [4.69, 9.17) is 0 Å². The lowest BCUT2D eigenvalue weighted by atomic mass is 9.98. The van der Waals surface area contributed by atoms with Gasteiger partial charge in [-0.1, -0.05) is 20.8 Å². The molecular weight excluding hydrogens is 328 g/mol. The molecule has 0 unspecified atom stereocenters. The number of benzene rings is 2. The number of aromatic hydroxyl groups is 2. The van der Waals surface area contributed by atoms with Crippen molar-refractivity contribution in [1.29, 1.82) is 0 Å². The minimum atomic E-state index is -0.277. The van der Waals surface area contributed by atoms with Gasteiger partial charge >= 0.3 is 0 Å². The van der Waals surface area contributed by atoms with Crippen LogP contribution in [-0.2, 0) is 0 Å². The molecular formula is C21H24N2O3. The third-order valence-corrected chi connectivity index (χ3v) is 4.54. The van der Waals surface area contributed by atoms with Gasteiger partial charge in [-0.25, -0.2) is 0 Å². The van der Waals surface area contributed by atoms with Crippen LogP contribution in [0.5, 0.6) is 11.5 Å². The molecule has 1 heterocycles. The van der Waals surface area contributed by atoms with Crippen LogP contribution in [0.1, 0.15) is 49.0 Å². The summed E-state index contributed by atoms with van der Waals surface area (Å²) in [5, 5.41) is 21.3. The highest BCUT2D eigenvalue weighted by Gasteiger charge is 2.23. The summed E-state index contributed by atoms with van der Waals surface area (Å²) < 4.78 is 0. The second-order valence-corrected chi connectivity index (χ2v) is 6.79. The molecule has 1 aromatic heterocycles. The number of hydrogen-bond acceptors (Lipinski definition) is 3. The van der Waals surface area contributed by atoms with E-state index in [1.807, 2.05) is 51.2 Å². The second kappa shape index (κ2) is 7.12. The van der Waals surface area contributed by atoms with E-state index in [0.29, 0.717) is 12.1 Å². The summed E-state index contributed by atoms with van der Waals surface area (Å²) in [5.41, 5.74) is 2.63. The van der Waals surface area contributed by atoms with Crippen molar-refractivity contribution >= 4 is 22.5 Å². The molecule has 136 valence electrons. The minimum absolute atomic E-state index is 0.00448. The van der Waals surface area contributed by atoms with E-state index in [9.17, 15) is 15.0 Å². The van der Waals surface area contributed by atoms with E-state index in [1.54, 1.807) is 11.0 Å². The number of rotatable bonds is 5. The molecule has 3 rings (SSSR count). The van der Waals surface area contributed by atoms with Gasteiger partial charge in [0, 0.05) is 35.4 Å². The van der Waals surface area contributed by atoms with Crippen molar-refractivity contribution in [3.05, 3.63) is 53.7 Å².